The molecule has 0 saturated carbocycles. The quantitative estimate of drug-likeness (QED) is 0.894. The average Bonchev–Trinajstić information content (AvgIpc) is 2.74. The molecule has 2 heterocycles. The van der Waals surface area contributed by atoms with Crippen LogP contribution in [0.25, 0.3) is 0 Å². The van der Waals surface area contributed by atoms with Crippen LogP contribution in [0.1, 0.15) is 53.3 Å². The van der Waals surface area contributed by atoms with Crippen molar-refractivity contribution in [3.8, 4) is 0 Å². The van der Waals surface area contributed by atoms with Crippen molar-refractivity contribution < 1.29 is 4.79 Å². The zero-order valence-electron chi connectivity index (χ0n) is 15.4. The van der Waals surface area contributed by atoms with Crippen LogP contribution in [-0.2, 0) is 13.5 Å². The zero-order chi connectivity index (χ0) is 17.4. The fourth-order valence-corrected chi connectivity index (χ4v) is 3.67. The second-order valence-electron chi connectivity index (χ2n) is 7.82. The number of carbonyl (C=O) groups is 1. The number of piperidine rings is 1. The monoisotopic (exact) mass is 322 g/mol. The molecule has 0 aliphatic carbocycles. The molecule has 130 valence electrons. The summed E-state index contributed by atoms with van der Waals surface area (Å²) in [4.78, 5) is 18.7. The lowest BCUT2D eigenvalue weighted by atomic mass is 9.79. The summed E-state index contributed by atoms with van der Waals surface area (Å²) < 4.78 is 1.70. The van der Waals surface area contributed by atoms with Crippen molar-refractivity contribution in [1.82, 2.24) is 25.0 Å². The van der Waals surface area contributed by atoms with Gasteiger partial charge < -0.3 is 10.2 Å². The van der Waals surface area contributed by atoms with E-state index < -0.39 is 0 Å². The molecule has 2 N–H and O–H groups in total. The molecule has 1 fully saturated rings. The van der Waals surface area contributed by atoms with E-state index in [0.717, 1.165) is 25.1 Å². The summed E-state index contributed by atoms with van der Waals surface area (Å²) in [6.07, 6.45) is 2.61. The average molecular weight is 322 g/mol. The number of nitrogens with one attached hydrogen (secondary N) is 2. The summed E-state index contributed by atoms with van der Waals surface area (Å²) in [5.41, 5.74) is -0.000826. The first kappa shape index (κ1) is 17.7. The molecule has 1 saturated heterocycles. The first-order chi connectivity index (χ1) is 10.5. The van der Waals surface area contributed by atoms with Crippen LogP contribution in [0.15, 0.2) is 0 Å². The molecular weight excluding hydrogens is 292 g/mol. The molecule has 1 aromatic rings. The number of hydrogen-bond donors (Lipinski definition) is 2. The Morgan fingerprint density at radius 2 is 1.91 bits per heavy atom. The van der Waals surface area contributed by atoms with E-state index in [2.05, 4.69) is 48.4 Å². The molecule has 7 nitrogen and oxygen atoms in total. The molecule has 1 aliphatic rings. The summed E-state index contributed by atoms with van der Waals surface area (Å²) in [6.45, 7) is 10.7. The van der Waals surface area contributed by atoms with Crippen molar-refractivity contribution in [2.45, 2.75) is 71.0 Å². The Hall–Kier alpha value is -1.63. The van der Waals surface area contributed by atoms with E-state index in [1.54, 1.807) is 9.58 Å². The van der Waals surface area contributed by atoms with E-state index in [9.17, 15) is 4.79 Å². The van der Waals surface area contributed by atoms with Gasteiger partial charge in [-0.25, -0.2) is 4.79 Å². The third kappa shape index (κ3) is 4.22. The Morgan fingerprint density at radius 1 is 1.35 bits per heavy atom. The third-order valence-corrected chi connectivity index (χ3v) is 4.42. The van der Waals surface area contributed by atoms with Crippen LogP contribution in [0.4, 0.5) is 10.7 Å². The molecule has 0 atom stereocenters. The lowest BCUT2D eigenvalue weighted by molar-refractivity contribution is 0.0987. The number of hydrogen-bond acceptors (Lipinski definition) is 4. The largest absolute Gasteiger partial charge is 0.324 e. The second kappa shape index (κ2) is 6.11. The number of rotatable bonds is 3. The maximum atomic E-state index is 12.5. The van der Waals surface area contributed by atoms with E-state index in [4.69, 9.17) is 0 Å². The van der Waals surface area contributed by atoms with Gasteiger partial charge in [-0.15, -0.1) is 5.10 Å². The maximum Gasteiger partial charge on any atom is 0.324 e. The smallest absolute Gasteiger partial charge is 0.324 e. The van der Waals surface area contributed by atoms with Gasteiger partial charge in [-0.3, -0.25) is 10.00 Å². The van der Waals surface area contributed by atoms with E-state index in [-0.39, 0.29) is 23.2 Å². The highest BCUT2D eigenvalue weighted by atomic mass is 16.2. The molecule has 1 aromatic heterocycles. The molecule has 0 aromatic carbocycles. The number of anilines is 1. The predicted molar refractivity (Wildman–Crippen MR) is 91.5 cm³/mol. The Morgan fingerprint density at radius 3 is 2.39 bits per heavy atom. The van der Waals surface area contributed by atoms with Crippen LogP contribution in [0.3, 0.4) is 0 Å². The van der Waals surface area contributed by atoms with Crippen LogP contribution in [0.5, 0.6) is 0 Å². The molecule has 23 heavy (non-hydrogen) atoms. The van der Waals surface area contributed by atoms with Gasteiger partial charge in [0.2, 0.25) is 5.95 Å². The standard InChI is InChI=1S/C16H30N6O/c1-8-12-17-13(19-22(12)7)18-14(23)21(6)11-9-15(2,3)20-16(4,5)10-11/h11,20H,8-10H2,1-7H3,(H,18,19,23). The van der Waals surface area contributed by atoms with Crippen molar-refractivity contribution >= 4 is 12.0 Å². The van der Waals surface area contributed by atoms with Gasteiger partial charge in [-0.05, 0) is 40.5 Å². The first-order valence-corrected chi connectivity index (χ1v) is 8.26. The van der Waals surface area contributed by atoms with Crippen molar-refractivity contribution in [3.05, 3.63) is 5.82 Å². The lowest BCUT2D eigenvalue weighted by Gasteiger charge is -2.48. The minimum absolute atomic E-state index is 0.000413. The fraction of sp³-hybridized carbons (Fsp3) is 0.812. The van der Waals surface area contributed by atoms with Gasteiger partial charge in [0, 0.05) is 37.6 Å². The van der Waals surface area contributed by atoms with E-state index in [1.807, 2.05) is 21.0 Å². The Bertz CT molecular complexity index is 561. The van der Waals surface area contributed by atoms with Gasteiger partial charge in [0.1, 0.15) is 5.82 Å². The van der Waals surface area contributed by atoms with Crippen LogP contribution < -0.4 is 10.6 Å². The van der Waals surface area contributed by atoms with Crippen molar-refractivity contribution in [1.29, 1.82) is 0 Å². The topological polar surface area (TPSA) is 75.1 Å². The molecule has 0 radical (unpaired) electrons. The number of nitrogens with zero attached hydrogens (tertiary/aromatic N) is 4. The highest BCUT2D eigenvalue weighted by molar-refractivity contribution is 5.87. The predicted octanol–water partition coefficient (Wildman–Crippen LogP) is 2.15. The van der Waals surface area contributed by atoms with Gasteiger partial charge in [0.15, 0.2) is 0 Å². The van der Waals surface area contributed by atoms with Crippen molar-refractivity contribution in [2.75, 3.05) is 12.4 Å². The Labute approximate surface area is 138 Å². The second-order valence-corrected chi connectivity index (χ2v) is 7.82. The molecule has 1 aliphatic heterocycles. The van der Waals surface area contributed by atoms with Crippen LogP contribution in [0.2, 0.25) is 0 Å². The van der Waals surface area contributed by atoms with Crippen LogP contribution >= 0.6 is 0 Å². The van der Waals surface area contributed by atoms with Gasteiger partial charge >= 0.3 is 6.03 Å². The van der Waals surface area contributed by atoms with Crippen molar-refractivity contribution in [2.24, 2.45) is 7.05 Å². The molecule has 2 amide bonds. The lowest BCUT2D eigenvalue weighted by Crippen LogP contribution is -2.62. The summed E-state index contributed by atoms with van der Waals surface area (Å²) in [7, 11) is 3.68. The van der Waals surface area contributed by atoms with Crippen molar-refractivity contribution in [3.63, 3.8) is 0 Å². The minimum Gasteiger partial charge on any atom is -0.324 e. The third-order valence-electron chi connectivity index (χ3n) is 4.42. The van der Waals surface area contributed by atoms with Gasteiger partial charge in [-0.1, -0.05) is 6.92 Å². The molecule has 7 heteroatoms. The molecule has 2 rings (SSSR count). The van der Waals surface area contributed by atoms with E-state index >= 15 is 0 Å². The molecule has 0 spiro atoms. The minimum atomic E-state index is -0.156. The number of carbonyl (C=O) groups excluding carboxylic acids is 1. The highest BCUT2D eigenvalue weighted by Crippen LogP contribution is 2.31. The Kier molecular flexibility index (Phi) is 4.71. The first-order valence-electron chi connectivity index (χ1n) is 8.26. The molecule has 0 bridgehead atoms. The number of urea groups is 1. The molecular formula is C16H30N6O. The maximum absolute atomic E-state index is 12.5. The van der Waals surface area contributed by atoms with Gasteiger partial charge in [0.05, 0.1) is 0 Å². The zero-order valence-corrected chi connectivity index (χ0v) is 15.4. The normalized spacial score (nSPS) is 20.3. The summed E-state index contributed by atoms with van der Waals surface area (Å²) >= 11 is 0. The molecule has 0 unspecified atom stereocenters. The summed E-state index contributed by atoms with van der Waals surface area (Å²) in [6, 6.07) is 0.0207. The number of aryl methyl sites for hydroxylation is 2. The van der Waals surface area contributed by atoms with Crippen LogP contribution in [-0.4, -0.2) is 49.9 Å². The fourth-order valence-electron chi connectivity index (χ4n) is 3.67. The van der Waals surface area contributed by atoms with Crippen LogP contribution in [0, 0.1) is 0 Å². The highest BCUT2D eigenvalue weighted by Gasteiger charge is 2.40. The van der Waals surface area contributed by atoms with E-state index in [0.29, 0.717) is 5.95 Å². The number of amides is 2. The van der Waals surface area contributed by atoms with E-state index in [1.165, 1.54) is 0 Å². The summed E-state index contributed by atoms with van der Waals surface area (Å²) in [5.74, 6) is 1.22. The van der Waals surface area contributed by atoms with Gasteiger partial charge in [-0.2, -0.15) is 4.98 Å². The Balaban J connectivity index is 2.06. The number of aromatic nitrogens is 3. The SMILES string of the molecule is CCc1nc(NC(=O)N(C)C2CC(C)(C)NC(C)(C)C2)nn1C. The summed E-state index contributed by atoms with van der Waals surface area (Å²) in [5, 5.41) is 10.7. The van der Waals surface area contributed by atoms with Gasteiger partial charge in [0.25, 0.3) is 0 Å².